The van der Waals surface area contributed by atoms with Gasteiger partial charge >= 0.3 is 6.18 Å². The number of para-hydroxylation sites is 1. The zero-order valence-electron chi connectivity index (χ0n) is 14.2. The van der Waals surface area contributed by atoms with Crippen molar-refractivity contribution in [3.63, 3.8) is 0 Å². The first-order valence-corrected chi connectivity index (χ1v) is 8.77. The molecule has 0 bridgehead atoms. The smallest absolute Gasteiger partial charge is 0.422 e. The molecule has 1 amide bonds. The van der Waals surface area contributed by atoms with Crippen LogP contribution in [0.1, 0.15) is 10.6 Å². The molecule has 27 heavy (non-hydrogen) atoms. The number of benzene rings is 2. The lowest BCUT2D eigenvalue weighted by atomic mass is 10.2. The number of thiazole rings is 1. The van der Waals surface area contributed by atoms with Crippen LogP contribution in [0.5, 0.6) is 5.75 Å². The number of rotatable bonds is 5. The van der Waals surface area contributed by atoms with E-state index in [2.05, 4.69) is 10.3 Å². The monoisotopic (exact) mass is 392 g/mol. The van der Waals surface area contributed by atoms with Gasteiger partial charge in [0.2, 0.25) is 5.91 Å². The Kier molecular flexibility index (Phi) is 5.46. The highest BCUT2D eigenvalue weighted by Crippen LogP contribution is 2.28. The zero-order chi connectivity index (χ0) is 19.4. The molecule has 0 spiro atoms. The predicted molar refractivity (Wildman–Crippen MR) is 100 cm³/mol. The number of alkyl halides is 3. The van der Waals surface area contributed by atoms with Crippen molar-refractivity contribution in [2.24, 2.45) is 0 Å². The Balaban J connectivity index is 1.71. The van der Waals surface area contributed by atoms with Crippen LogP contribution >= 0.6 is 11.3 Å². The van der Waals surface area contributed by atoms with Gasteiger partial charge in [0.05, 0.1) is 15.9 Å². The number of carbonyl (C=O) groups excluding carboxylic acids is 1. The first-order valence-electron chi connectivity index (χ1n) is 7.95. The highest BCUT2D eigenvalue weighted by molar-refractivity contribution is 7.19. The number of halogens is 3. The Labute approximate surface area is 157 Å². The molecule has 0 aliphatic carbocycles. The maximum Gasteiger partial charge on any atom is 0.422 e. The third-order valence-corrected chi connectivity index (χ3v) is 4.48. The minimum atomic E-state index is -4.46. The van der Waals surface area contributed by atoms with E-state index in [0.717, 1.165) is 15.8 Å². The number of nitrogens with one attached hydrogen (secondary N) is 1. The normalized spacial score (nSPS) is 11.9. The van der Waals surface area contributed by atoms with E-state index in [1.54, 1.807) is 19.1 Å². The van der Waals surface area contributed by atoms with Gasteiger partial charge in [-0.1, -0.05) is 18.2 Å². The lowest BCUT2D eigenvalue weighted by Gasteiger charge is -2.14. The summed E-state index contributed by atoms with van der Waals surface area (Å²) >= 11 is 1.43. The van der Waals surface area contributed by atoms with Crippen LogP contribution in [0, 0.1) is 6.92 Å². The second-order valence-electron chi connectivity index (χ2n) is 5.75. The number of amides is 1. The number of aromatic nitrogens is 1. The van der Waals surface area contributed by atoms with E-state index in [1.165, 1.54) is 29.5 Å². The van der Waals surface area contributed by atoms with E-state index in [0.29, 0.717) is 5.01 Å². The van der Waals surface area contributed by atoms with Crippen LogP contribution in [0.4, 0.5) is 18.9 Å². The van der Waals surface area contributed by atoms with Gasteiger partial charge in [0.1, 0.15) is 10.8 Å². The van der Waals surface area contributed by atoms with E-state index in [1.807, 2.05) is 24.3 Å². The van der Waals surface area contributed by atoms with E-state index in [4.69, 9.17) is 4.74 Å². The van der Waals surface area contributed by atoms with Crippen molar-refractivity contribution >= 4 is 39.2 Å². The Morgan fingerprint density at radius 3 is 2.78 bits per heavy atom. The maximum atomic E-state index is 12.4. The molecule has 0 saturated heterocycles. The van der Waals surface area contributed by atoms with Crippen LogP contribution in [-0.2, 0) is 4.79 Å². The average Bonchev–Trinajstić information content (AvgIpc) is 3.02. The molecule has 2 aromatic carbocycles. The lowest BCUT2D eigenvalue weighted by Crippen LogP contribution is -2.20. The Morgan fingerprint density at radius 2 is 2.04 bits per heavy atom. The van der Waals surface area contributed by atoms with Gasteiger partial charge < -0.3 is 10.1 Å². The predicted octanol–water partition coefficient (Wildman–Crippen LogP) is 5.20. The first-order chi connectivity index (χ1) is 12.8. The quantitative estimate of drug-likeness (QED) is 0.608. The fraction of sp³-hybridized carbons (Fsp3) is 0.158. The van der Waals surface area contributed by atoms with Gasteiger partial charge in [-0.05, 0) is 42.8 Å². The third kappa shape index (κ3) is 5.30. The van der Waals surface area contributed by atoms with Crippen LogP contribution in [-0.4, -0.2) is 23.7 Å². The highest BCUT2D eigenvalue weighted by Gasteiger charge is 2.29. The van der Waals surface area contributed by atoms with Crippen LogP contribution in [0.3, 0.4) is 0 Å². The molecule has 0 aliphatic rings. The SMILES string of the molecule is Cc1ccc(NC(=O)/C=C/c2nc3ccccc3s2)c(OCC(F)(F)F)c1. The largest absolute Gasteiger partial charge is 0.482 e. The number of hydrogen-bond donors (Lipinski definition) is 1. The van der Waals surface area contributed by atoms with Gasteiger partial charge in [-0.2, -0.15) is 13.2 Å². The lowest BCUT2D eigenvalue weighted by molar-refractivity contribution is -0.153. The third-order valence-electron chi connectivity index (χ3n) is 3.47. The Bertz CT molecular complexity index is 963. The number of fused-ring (bicyclic) bond motifs is 1. The maximum absolute atomic E-state index is 12.4. The van der Waals surface area contributed by atoms with Gasteiger partial charge in [-0.3, -0.25) is 4.79 Å². The minimum Gasteiger partial charge on any atom is -0.482 e. The van der Waals surface area contributed by atoms with Crippen molar-refractivity contribution in [2.45, 2.75) is 13.1 Å². The summed E-state index contributed by atoms with van der Waals surface area (Å²) in [7, 11) is 0. The minimum absolute atomic E-state index is 0.0333. The van der Waals surface area contributed by atoms with Gasteiger partial charge in [-0.25, -0.2) is 4.98 Å². The molecular formula is C19H15F3N2O2S. The molecule has 1 N–H and O–H groups in total. The summed E-state index contributed by atoms with van der Waals surface area (Å²) in [6.45, 7) is 0.292. The van der Waals surface area contributed by atoms with E-state index < -0.39 is 18.7 Å². The summed E-state index contributed by atoms with van der Waals surface area (Å²) in [6.07, 6.45) is -1.62. The molecule has 3 aromatic rings. The van der Waals surface area contributed by atoms with E-state index in [-0.39, 0.29) is 11.4 Å². The molecule has 8 heteroatoms. The molecule has 0 aliphatic heterocycles. The van der Waals surface area contributed by atoms with Gasteiger partial charge in [0.25, 0.3) is 0 Å². The van der Waals surface area contributed by atoms with E-state index >= 15 is 0 Å². The van der Waals surface area contributed by atoms with Crippen molar-refractivity contribution in [1.82, 2.24) is 4.98 Å². The number of carbonyl (C=O) groups is 1. The fourth-order valence-electron chi connectivity index (χ4n) is 2.29. The molecule has 0 radical (unpaired) electrons. The van der Waals surface area contributed by atoms with Gasteiger partial charge in [0.15, 0.2) is 6.61 Å². The van der Waals surface area contributed by atoms with Crippen molar-refractivity contribution < 1.29 is 22.7 Å². The molecule has 1 heterocycles. The molecule has 0 fully saturated rings. The molecule has 140 valence electrons. The summed E-state index contributed by atoms with van der Waals surface area (Å²) < 4.78 is 43.0. The summed E-state index contributed by atoms with van der Waals surface area (Å²) in [5, 5.41) is 3.19. The van der Waals surface area contributed by atoms with Gasteiger partial charge in [0, 0.05) is 6.08 Å². The number of nitrogens with zero attached hydrogens (tertiary/aromatic N) is 1. The summed E-state index contributed by atoms with van der Waals surface area (Å²) in [6, 6.07) is 12.2. The molecular weight excluding hydrogens is 377 g/mol. The first kappa shape index (κ1) is 18.9. The number of ether oxygens (including phenoxy) is 1. The van der Waals surface area contributed by atoms with Crippen LogP contribution in [0.2, 0.25) is 0 Å². The topological polar surface area (TPSA) is 51.2 Å². The van der Waals surface area contributed by atoms with Crippen molar-refractivity contribution in [1.29, 1.82) is 0 Å². The summed E-state index contributed by atoms with van der Waals surface area (Å²) in [4.78, 5) is 16.5. The molecule has 3 rings (SSSR count). The zero-order valence-corrected chi connectivity index (χ0v) is 15.0. The second kappa shape index (κ2) is 7.79. The Morgan fingerprint density at radius 1 is 1.26 bits per heavy atom. The van der Waals surface area contributed by atoms with Gasteiger partial charge in [-0.15, -0.1) is 11.3 Å². The standard InChI is InChI=1S/C19H15F3N2O2S/c1-12-6-7-13(15(10-12)26-11-19(20,21)22)23-17(25)8-9-18-24-14-4-2-3-5-16(14)27-18/h2-10H,11H2,1H3,(H,23,25)/b9-8+. The average molecular weight is 392 g/mol. The van der Waals surface area contributed by atoms with Crippen LogP contribution in [0.15, 0.2) is 48.5 Å². The number of anilines is 1. The summed E-state index contributed by atoms with van der Waals surface area (Å²) in [5.41, 5.74) is 1.72. The molecule has 0 atom stereocenters. The molecule has 0 unspecified atom stereocenters. The van der Waals surface area contributed by atoms with Crippen molar-refractivity contribution in [3.8, 4) is 5.75 Å². The molecule has 4 nitrogen and oxygen atoms in total. The Hall–Kier alpha value is -2.87. The molecule has 1 aromatic heterocycles. The summed E-state index contributed by atoms with van der Waals surface area (Å²) in [5.74, 6) is -0.524. The second-order valence-corrected chi connectivity index (χ2v) is 6.81. The van der Waals surface area contributed by atoms with Crippen LogP contribution in [0.25, 0.3) is 16.3 Å². The van der Waals surface area contributed by atoms with Crippen molar-refractivity contribution in [2.75, 3.05) is 11.9 Å². The fourth-order valence-corrected chi connectivity index (χ4v) is 3.16. The number of hydrogen-bond acceptors (Lipinski definition) is 4. The highest BCUT2D eigenvalue weighted by atomic mass is 32.1. The van der Waals surface area contributed by atoms with Crippen LogP contribution < -0.4 is 10.1 Å². The number of aryl methyl sites for hydroxylation is 1. The van der Waals surface area contributed by atoms with E-state index in [9.17, 15) is 18.0 Å². The van der Waals surface area contributed by atoms with Crippen molar-refractivity contribution in [3.05, 3.63) is 59.1 Å². The molecule has 0 saturated carbocycles.